The van der Waals surface area contributed by atoms with Crippen LogP contribution in [0.1, 0.15) is 11.1 Å². The van der Waals surface area contributed by atoms with E-state index in [4.69, 9.17) is 20.8 Å². The van der Waals surface area contributed by atoms with Crippen molar-refractivity contribution in [3.63, 3.8) is 0 Å². The Morgan fingerprint density at radius 3 is 2.67 bits per heavy atom. The first-order valence-electron chi connectivity index (χ1n) is 9.71. The van der Waals surface area contributed by atoms with Crippen molar-refractivity contribution in [2.75, 3.05) is 38.2 Å². The highest BCUT2D eigenvalue weighted by molar-refractivity contribution is 6.32. The zero-order valence-electron chi connectivity index (χ0n) is 16.9. The second-order valence-electron chi connectivity index (χ2n) is 7.21. The Hall–Kier alpha value is -3.06. The highest BCUT2D eigenvalue weighted by atomic mass is 35.5. The number of rotatable bonds is 4. The number of aromatic nitrogens is 1. The predicted molar refractivity (Wildman–Crippen MR) is 116 cm³/mol. The van der Waals surface area contributed by atoms with Gasteiger partial charge in [0.05, 0.1) is 24.1 Å². The van der Waals surface area contributed by atoms with Crippen LogP contribution < -0.4 is 15.3 Å². The van der Waals surface area contributed by atoms with Gasteiger partial charge in [-0.15, -0.1) is 0 Å². The van der Waals surface area contributed by atoms with Crippen molar-refractivity contribution in [1.29, 1.82) is 0 Å². The number of nitrogens with zero attached hydrogens (tertiary/aromatic N) is 3. The first-order chi connectivity index (χ1) is 14.5. The summed E-state index contributed by atoms with van der Waals surface area (Å²) < 4.78 is 10.6. The Kier molecular flexibility index (Phi) is 5.63. The number of carbonyl (C=O) groups excluding carboxylic acids is 1. The third-order valence-corrected chi connectivity index (χ3v) is 5.79. The maximum absolute atomic E-state index is 12.9. The minimum atomic E-state index is -0.509. The number of benzene rings is 1. The van der Waals surface area contributed by atoms with Crippen LogP contribution in [0.15, 0.2) is 45.7 Å². The lowest BCUT2D eigenvalue weighted by atomic mass is 10.0. The predicted octanol–water partition coefficient (Wildman–Crippen LogP) is 3.05. The second kappa shape index (κ2) is 8.36. The lowest BCUT2D eigenvalue weighted by Crippen LogP contribution is -2.49. The van der Waals surface area contributed by atoms with Crippen LogP contribution in [0.2, 0.25) is 5.02 Å². The normalized spacial score (nSPS) is 14.2. The quantitative estimate of drug-likeness (QED) is 0.596. The van der Waals surface area contributed by atoms with Crippen LogP contribution in [0.4, 0.5) is 5.82 Å². The molecule has 0 radical (unpaired) electrons. The number of ether oxygens (including phenoxy) is 1. The lowest BCUT2D eigenvalue weighted by Gasteiger charge is -2.35. The zero-order chi connectivity index (χ0) is 21.3. The Balaban J connectivity index is 1.51. The number of pyridine rings is 1. The third kappa shape index (κ3) is 3.85. The van der Waals surface area contributed by atoms with Gasteiger partial charge in [-0.05, 0) is 30.7 Å². The first-order valence-corrected chi connectivity index (χ1v) is 10.1. The fourth-order valence-electron chi connectivity index (χ4n) is 3.74. The summed E-state index contributed by atoms with van der Waals surface area (Å²) >= 11 is 6.23. The molecule has 1 amide bonds. The van der Waals surface area contributed by atoms with Gasteiger partial charge in [-0.1, -0.05) is 17.7 Å². The molecule has 3 heterocycles. The molecule has 1 saturated heterocycles. The highest BCUT2D eigenvalue weighted by Gasteiger charge is 2.24. The number of amides is 1. The maximum atomic E-state index is 12.9. The van der Waals surface area contributed by atoms with E-state index in [1.165, 1.54) is 7.11 Å². The largest absolute Gasteiger partial charge is 0.495 e. The van der Waals surface area contributed by atoms with Gasteiger partial charge in [0.25, 0.3) is 0 Å². The van der Waals surface area contributed by atoms with Crippen LogP contribution in [0.5, 0.6) is 5.75 Å². The van der Waals surface area contributed by atoms with E-state index in [9.17, 15) is 9.59 Å². The SMILES string of the molecule is COc1cc2oc(=O)c(CC(=O)N3CCN(c4ccccn4)CC3)c(C)c2cc1Cl. The van der Waals surface area contributed by atoms with Gasteiger partial charge in [0.2, 0.25) is 5.91 Å². The number of hydrogen-bond acceptors (Lipinski definition) is 6. The van der Waals surface area contributed by atoms with Gasteiger partial charge < -0.3 is 19.0 Å². The molecular weight excluding hydrogens is 406 g/mol. The Bertz CT molecular complexity index is 1140. The summed E-state index contributed by atoms with van der Waals surface area (Å²) in [6, 6.07) is 9.08. The monoisotopic (exact) mass is 427 g/mol. The zero-order valence-corrected chi connectivity index (χ0v) is 17.6. The average molecular weight is 428 g/mol. The minimum Gasteiger partial charge on any atom is -0.495 e. The molecule has 0 unspecified atom stereocenters. The molecule has 30 heavy (non-hydrogen) atoms. The van der Waals surface area contributed by atoms with E-state index in [1.807, 2.05) is 25.1 Å². The fourth-order valence-corrected chi connectivity index (χ4v) is 3.98. The summed E-state index contributed by atoms with van der Waals surface area (Å²) in [7, 11) is 1.50. The van der Waals surface area contributed by atoms with E-state index >= 15 is 0 Å². The van der Waals surface area contributed by atoms with Gasteiger partial charge >= 0.3 is 5.63 Å². The van der Waals surface area contributed by atoms with Gasteiger partial charge in [-0.25, -0.2) is 9.78 Å². The van der Waals surface area contributed by atoms with Crippen molar-refractivity contribution < 1.29 is 13.9 Å². The summed E-state index contributed by atoms with van der Waals surface area (Å²) in [5.74, 6) is 1.24. The van der Waals surface area contributed by atoms with Crippen LogP contribution >= 0.6 is 11.6 Å². The molecule has 0 saturated carbocycles. The van der Waals surface area contributed by atoms with E-state index in [1.54, 1.807) is 23.2 Å². The minimum absolute atomic E-state index is 0.00264. The maximum Gasteiger partial charge on any atom is 0.340 e. The molecule has 1 aliphatic rings. The average Bonchev–Trinajstić information content (AvgIpc) is 2.77. The number of anilines is 1. The molecule has 8 heteroatoms. The third-order valence-electron chi connectivity index (χ3n) is 5.49. The van der Waals surface area contributed by atoms with Crippen LogP contribution in [-0.4, -0.2) is 49.1 Å². The first kappa shape index (κ1) is 20.2. The molecule has 3 aromatic rings. The fraction of sp³-hybridized carbons (Fsp3) is 0.318. The van der Waals surface area contributed by atoms with E-state index in [2.05, 4.69) is 9.88 Å². The van der Waals surface area contributed by atoms with Crippen molar-refractivity contribution in [3.05, 3.63) is 63.1 Å². The molecule has 1 fully saturated rings. The summed E-state index contributed by atoms with van der Waals surface area (Å²) in [6.07, 6.45) is 1.76. The number of piperazine rings is 1. The summed E-state index contributed by atoms with van der Waals surface area (Å²) in [6.45, 7) is 4.36. The van der Waals surface area contributed by atoms with Gasteiger partial charge in [0.15, 0.2) is 0 Å². The highest BCUT2D eigenvalue weighted by Crippen LogP contribution is 2.31. The Morgan fingerprint density at radius 1 is 1.23 bits per heavy atom. The summed E-state index contributed by atoms with van der Waals surface area (Å²) in [5, 5.41) is 1.12. The molecular formula is C22H22ClN3O4. The van der Waals surface area contributed by atoms with Gasteiger partial charge in [0, 0.05) is 43.8 Å². The molecule has 0 aliphatic carbocycles. The van der Waals surface area contributed by atoms with Gasteiger partial charge in [0.1, 0.15) is 17.2 Å². The van der Waals surface area contributed by atoms with Crippen molar-refractivity contribution in [3.8, 4) is 5.75 Å². The number of carbonyl (C=O) groups is 1. The molecule has 0 N–H and O–H groups in total. The Labute approximate surface area is 178 Å². The number of hydrogen-bond donors (Lipinski definition) is 0. The van der Waals surface area contributed by atoms with Crippen LogP contribution in [0, 0.1) is 6.92 Å². The van der Waals surface area contributed by atoms with Crippen molar-refractivity contribution in [1.82, 2.24) is 9.88 Å². The topological polar surface area (TPSA) is 75.9 Å². The van der Waals surface area contributed by atoms with Crippen LogP contribution in [0.3, 0.4) is 0 Å². The van der Waals surface area contributed by atoms with Crippen LogP contribution in [-0.2, 0) is 11.2 Å². The molecule has 0 bridgehead atoms. The standard InChI is InChI=1S/C22H22ClN3O4/c1-14-15-11-17(23)19(29-2)13-18(15)30-22(28)16(14)12-21(27)26-9-7-25(8-10-26)20-5-3-4-6-24-20/h3-6,11,13H,7-10,12H2,1-2H3. The smallest absolute Gasteiger partial charge is 0.340 e. The van der Waals surface area contributed by atoms with Gasteiger partial charge in [-0.3, -0.25) is 4.79 Å². The van der Waals surface area contributed by atoms with E-state index < -0.39 is 5.63 Å². The number of halogens is 1. The van der Waals surface area contributed by atoms with Crippen molar-refractivity contribution >= 4 is 34.3 Å². The van der Waals surface area contributed by atoms with Gasteiger partial charge in [-0.2, -0.15) is 0 Å². The molecule has 0 spiro atoms. The number of aryl methyl sites for hydroxylation is 1. The van der Waals surface area contributed by atoms with Crippen molar-refractivity contribution in [2.45, 2.75) is 13.3 Å². The second-order valence-corrected chi connectivity index (χ2v) is 7.62. The molecule has 7 nitrogen and oxygen atoms in total. The molecule has 1 aromatic carbocycles. The lowest BCUT2D eigenvalue weighted by molar-refractivity contribution is -0.130. The van der Waals surface area contributed by atoms with E-state index in [0.29, 0.717) is 59.0 Å². The van der Waals surface area contributed by atoms with Crippen molar-refractivity contribution in [2.24, 2.45) is 0 Å². The van der Waals surface area contributed by atoms with Crippen LogP contribution in [0.25, 0.3) is 11.0 Å². The molecule has 0 atom stereocenters. The summed E-state index contributed by atoms with van der Waals surface area (Å²) in [4.78, 5) is 33.7. The molecule has 1 aliphatic heterocycles. The molecule has 156 valence electrons. The summed E-state index contributed by atoms with van der Waals surface area (Å²) in [5.41, 5.74) is 0.941. The molecule has 2 aromatic heterocycles. The Morgan fingerprint density at radius 2 is 2.00 bits per heavy atom. The van der Waals surface area contributed by atoms with E-state index in [0.717, 1.165) is 5.82 Å². The number of fused-ring (bicyclic) bond motifs is 1. The number of methoxy groups -OCH3 is 1. The molecule has 4 rings (SSSR count). The van der Waals surface area contributed by atoms with E-state index in [-0.39, 0.29) is 12.3 Å².